The Kier molecular flexibility index (Phi) is 10.5. The summed E-state index contributed by atoms with van der Waals surface area (Å²) in [4.78, 5) is 28.2. The summed E-state index contributed by atoms with van der Waals surface area (Å²) in [6.45, 7) is 1.48. The number of ether oxygens (including phenoxy) is 8. The monoisotopic (exact) mass is 703 g/mol. The van der Waals surface area contributed by atoms with Gasteiger partial charge in [0, 0.05) is 12.6 Å². The maximum Gasteiger partial charge on any atom is 0.306 e. The van der Waals surface area contributed by atoms with E-state index in [0.717, 1.165) is 16.7 Å². The lowest BCUT2D eigenvalue weighted by Crippen LogP contribution is -2.36. The Morgan fingerprint density at radius 1 is 0.843 bits per heavy atom. The molecule has 0 aliphatic carbocycles. The summed E-state index contributed by atoms with van der Waals surface area (Å²) in [5, 5.41) is 11.1. The molecule has 270 valence electrons. The van der Waals surface area contributed by atoms with Gasteiger partial charge in [0.15, 0.2) is 40.3 Å². The quantitative estimate of drug-likeness (QED) is 0.198. The third kappa shape index (κ3) is 6.93. The molecule has 2 aliphatic rings. The Balaban J connectivity index is 1.46. The molecule has 0 fully saturated rings. The predicted molar refractivity (Wildman–Crippen MR) is 184 cm³/mol. The first kappa shape index (κ1) is 35.3. The molecule has 51 heavy (non-hydrogen) atoms. The lowest BCUT2D eigenvalue weighted by atomic mass is 9.87. The van der Waals surface area contributed by atoms with Gasteiger partial charge < -0.3 is 47.4 Å². The summed E-state index contributed by atoms with van der Waals surface area (Å²) >= 11 is 0. The number of fused-ring (bicyclic) bond motifs is 2. The number of aromatic hydroxyl groups is 1. The lowest BCUT2D eigenvalue weighted by molar-refractivity contribution is -0.140. The predicted octanol–water partition coefficient (Wildman–Crippen LogP) is 5.00. The number of hydrogen-bond donors (Lipinski definition) is 1. The lowest BCUT2D eigenvalue weighted by Gasteiger charge is -2.38. The summed E-state index contributed by atoms with van der Waals surface area (Å²) in [5.74, 6) is 1.80. The van der Waals surface area contributed by atoms with E-state index in [4.69, 9.17) is 42.3 Å². The number of carbonyl (C=O) groups excluding carboxylic acids is 1. The van der Waals surface area contributed by atoms with Crippen LogP contribution in [0.1, 0.15) is 52.2 Å². The van der Waals surface area contributed by atoms with Crippen molar-refractivity contribution in [1.82, 2.24) is 4.90 Å². The van der Waals surface area contributed by atoms with Crippen LogP contribution in [0.3, 0.4) is 0 Å². The number of rotatable bonds is 12. The van der Waals surface area contributed by atoms with Gasteiger partial charge in [0.05, 0.1) is 67.6 Å². The van der Waals surface area contributed by atoms with Gasteiger partial charge >= 0.3 is 5.97 Å². The molecule has 0 radical (unpaired) electrons. The van der Waals surface area contributed by atoms with Crippen LogP contribution in [0.2, 0.25) is 0 Å². The van der Waals surface area contributed by atoms with Crippen molar-refractivity contribution < 1.29 is 52.2 Å². The molecule has 0 saturated carbocycles. The summed E-state index contributed by atoms with van der Waals surface area (Å²) in [6, 6.07) is 13.7. The van der Waals surface area contributed by atoms with Gasteiger partial charge in [-0.2, -0.15) is 0 Å². The molecule has 3 aromatic carbocycles. The first-order valence-corrected chi connectivity index (χ1v) is 16.3. The number of benzene rings is 3. The summed E-state index contributed by atoms with van der Waals surface area (Å²) in [6.07, 6.45) is 0.441. The minimum absolute atomic E-state index is 0.0623. The standard InChI is InChI=1S/C38H41NO12/c1-43-29-13-22-9-10-39(35(25(22)18-30(29)44-2)23-15-32(45-3)38(48-6)33(16-23)46-4)20-24-17-27(40)36(42)37(51-24)26(19-34(41)47-5)21-7-8-28-31(14-21)50-12-11-49-28/h7-8,13-18,26,35,42H,9-12,19-20H2,1-6H3/t26-,35-/m0/s1. The van der Waals surface area contributed by atoms with Crippen LogP contribution in [0.4, 0.5) is 0 Å². The van der Waals surface area contributed by atoms with Gasteiger partial charge in [-0.3, -0.25) is 14.5 Å². The van der Waals surface area contributed by atoms with Crippen molar-refractivity contribution in [2.75, 3.05) is 62.4 Å². The van der Waals surface area contributed by atoms with Crippen LogP contribution < -0.4 is 38.6 Å². The Morgan fingerprint density at radius 3 is 2.16 bits per heavy atom. The molecular formula is C38H41NO12. The van der Waals surface area contributed by atoms with E-state index >= 15 is 0 Å². The Morgan fingerprint density at radius 2 is 1.51 bits per heavy atom. The number of methoxy groups -OCH3 is 6. The molecule has 1 N–H and O–H groups in total. The van der Waals surface area contributed by atoms with E-state index in [1.807, 2.05) is 24.3 Å². The Labute approximate surface area is 295 Å². The fraction of sp³-hybridized carbons (Fsp3) is 0.368. The molecule has 6 rings (SSSR count). The van der Waals surface area contributed by atoms with Crippen molar-refractivity contribution in [3.05, 3.63) is 92.5 Å². The Hall–Kier alpha value is -5.56. The van der Waals surface area contributed by atoms with E-state index < -0.39 is 29.1 Å². The zero-order chi connectivity index (χ0) is 36.2. The minimum atomic E-state index is -0.870. The second kappa shape index (κ2) is 15.1. The zero-order valence-electron chi connectivity index (χ0n) is 29.4. The van der Waals surface area contributed by atoms with Crippen LogP contribution in [-0.4, -0.2) is 78.4 Å². The molecule has 2 atom stereocenters. The molecule has 0 spiro atoms. The smallest absolute Gasteiger partial charge is 0.306 e. The van der Waals surface area contributed by atoms with Crippen LogP contribution in [0, 0.1) is 0 Å². The van der Waals surface area contributed by atoms with Crippen molar-refractivity contribution in [3.8, 4) is 46.0 Å². The largest absolute Gasteiger partial charge is 0.502 e. The van der Waals surface area contributed by atoms with Crippen LogP contribution >= 0.6 is 0 Å². The third-order valence-electron chi connectivity index (χ3n) is 9.22. The van der Waals surface area contributed by atoms with E-state index in [9.17, 15) is 14.7 Å². The van der Waals surface area contributed by atoms with Gasteiger partial charge in [-0.1, -0.05) is 6.07 Å². The number of nitrogens with zero attached hydrogens (tertiary/aromatic N) is 1. The number of hydrogen-bond acceptors (Lipinski definition) is 13. The van der Waals surface area contributed by atoms with E-state index in [0.29, 0.717) is 72.0 Å². The second-order valence-electron chi connectivity index (χ2n) is 12.0. The molecule has 0 amide bonds. The van der Waals surface area contributed by atoms with Gasteiger partial charge in [-0.05, 0) is 65.1 Å². The zero-order valence-corrected chi connectivity index (χ0v) is 29.4. The van der Waals surface area contributed by atoms with Gasteiger partial charge in [-0.25, -0.2) is 0 Å². The molecule has 13 heteroatoms. The number of carbonyl (C=O) groups is 1. The Bertz CT molecular complexity index is 1950. The summed E-state index contributed by atoms with van der Waals surface area (Å²) in [7, 11) is 9.11. The topological polar surface area (TPSA) is 145 Å². The second-order valence-corrected chi connectivity index (χ2v) is 12.0. The van der Waals surface area contributed by atoms with Crippen molar-refractivity contribution in [2.24, 2.45) is 0 Å². The SMILES string of the molecule is COC(=O)C[C@@H](c1ccc2c(c1)OCCO2)c1oc(CN2CCc3cc(OC)c(OC)cc3[C@@H]2c2cc(OC)c(OC)c(OC)c2)cc(=O)c1O. The highest BCUT2D eigenvalue weighted by atomic mass is 16.6. The van der Waals surface area contributed by atoms with Crippen molar-refractivity contribution in [3.63, 3.8) is 0 Å². The third-order valence-corrected chi connectivity index (χ3v) is 9.22. The van der Waals surface area contributed by atoms with E-state index in [-0.39, 0.29) is 24.5 Å². The van der Waals surface area contributed by atoms with Crippen molar-refractivity contribution in [2.45, 2.75) is 31.3 Å². The average Bonchev–Trinajstić information content (AvgIpc) is 3.16. The van der Waals surface area contributed by atoms with Gasteiger partial charge in [0.2, 0.25) is 16.9 Å². The van der Waals surface area contributed by atoms with Crippen LogP contribution in [0.25, 0.3) is 0 Å². The first-order chi connectivity index (χ1) is 24.7. The van der Waals surface area contributed by atoms with Crippen molar-refractivity contribution >= 4 is 5.97 Å². The highest BCUT2D eigenvalue weighted by Gasteiger charge is 2.34. The highest BCUT2D eigenvalue weighted by molar-refractivity contribution is 5.71. The molecular weight excluding hydrogens is 662 g/mol. The molecule has 0 bridgehead atoms. The van der Waals surface area contributed by atoms with E-state index in [1.165, 1.54) is 13.2 Å². The number of esters is 1. The highest BCUT2D eigenvalue weighted by Crippen LogP contribution is 2.47. The van der Waals surface area contributed by atoms with Gasteiger partial charge in [-0.15, -0.1) is 0 Å². The maximum absolute atomic E-state index is 13.4. The molecule has 1 aromatic heterocycles. The normalized spacial score (nSPS) is 15.7. The minimum Gasteiger partial charge on any atom is -0.502 e. The van der Waals surface area contributed by atoms with Gasteiger partial charge in [0.25, 0.3) is 0 Å². The fourth-order valence-electron chi connectivity index (χ4n) is 6.78. The fourth-order valence-corrected chi connectivity index (χ4v) is 6.78. The molecule has 0 saturated heterocycles. The van der Waals surface area contributed by atoms with Crippen molar-refractivity contribution in [1.29, 1.82) is 0 Å². The molecule has 3 heterocycles. The average molecular weight is 704 g/mol. The molecule has 2 aliphatic heterocycles. The first-order valence-electron chi connectivity index (χ1n) is 16.3. The molecule has 0 unspecified atom stereocenters. The van der Waals surface area contributed by atoms with Gasteiger partial charge in [0.1, 0.15) is 19.0 Å². The summed E-state index contributed by atoms with van der Waals surface area (Å²) in [5.41, 5.74) is 2.73. The maximum atomic E-state index is 13.4. The van der Waals surface area contributed by atoms with Crippen LogP contribution in [0.15, 0.2) is 57.7 Å². The molecule has 13 nitrogen and oxygen atoms in total. The van der Waals surface area contributed by atoms with Crippen LogP contribution in [-0.2, 0) is 22.5 Å². The van der Waals surface area contributed by atoms with E-state index in [2.05, 4.69) is 4.90 Å². The molecule has 4 aromatic rings. The van der Waals surface area contributed by atoms with Crippen LogP contribution in [0.5, 0.6) is 46.0 Å². The summed E-state index contributed by atoms with van der Waals surface area (Å²) < 4.78 is 51.2. The van der Waals surface area contributed by atoms with E-state index in [1.54, 1.807) is 53.7 Å².